The molecule has 6 heteroatoms. The molecular weight excluding hydrogens is 264 g/mol. The fraction of sp³-hybridized carbons (Fsp3) is 0.308. The number of hydrogen-bond donors (Lipinski definition) is 2. The lowest BCUT2D eigenvalue weighted by atomic mass is 10.1. The summed E-state index contributed by atoms with van der Waals surface area (Å²) in [5.41, 5.74) is 0.211. The van der Waals surface area contributed by atoms with Crippen LogP contribution in [0.2, 0.25) is 0 Å². The van der Waals surface area contributed by atoms with Gasteiger partial charge in [0.1, 0.15) is 0 Å². The molecular formula is C13H16N2O3S. The molecule has 0 spiro atoms. The summed E-state index contributed by atoms with van der Waals surface area (Å²) >= 11 is 0. The fourth-order valence-electron chi connectivity index (χ4n) is 1.54. The molecule has 102 valence electrons. The molecule has 1 aromatic rings. The summed E-state index contributed by atoms with van der Waals surface area (Å²) in [6.45, 7) is 1.96. The number of rotatable bonds is 5. The number of nitrogens with one attached hydrogen (secondary N) is 1. The monoisotopic (exact) mass is 280 g/mol. The summed E-state index contributed by atoms with van der Waals surface area (Å²) in [5.74, 6) is 2.06. The van der Waals surface area contributed by atoms with E-state index in [0.29, 0.717) is 6.42 Å². The molecule has 0 aromatic heterocycles. The Morgan fingerprint density at radius 3 is 2.74 bits per heavy atom. The van der Waals surface area contributed by atoms with E-state index in [0.717, 1.165) is 6.42 Å². The van der Waals surface area contributed by atoms with Crippen molar-refractivity contribution in [3.63, 3.8) is 0 Å². The zero-order chi connectivity index (χ0) is 14.5. The predicted molar refractivity (Wildman–Crippen MR) is 72.8 cm³/mol. The summed E-state index contributed by atoms with van der Waals surface area (Å²) in [6, 6.07) is 5.15. The summed E-state index contributed by atoms with van der Waals surface area (Å²) in [7, 11) is -3.82. The first-order valence-electron chi connectivity index (χ1n) is 5.78. The second-order valence-corrected chi connectivity index (χ2v) is 5.62. The molecule has 0 saturated carbocycles. The van der Waals surface area contributed by atoms with Gasteiger partial charge in [-0.15, -0.1) is 6.42 Å². The molecule has 1 rings (SSSR count). The lowest BCUT2D eigenvalue weighted by Gasteiger charge is -2.12. The van der Waals surface area contributed by atoms with Crippen molar-refractivity contribution in [2.24, 2.45) is 5.14 Å². The topological polar surface area (TPSA) is 89.3 Å². The molecule has 0 aliphatic rings. The fourth-order valence-corrected chi connectivity index (χ4v) is 2.10. The van der Waals surface area contributed by atoms with E-state index in [1.807, 2.05) is 6.92 Å². The quantitative estimate of drug-likeness (QED) is 0.784. The lowest BCUT2D eigenvalue weighted by molar-refractivity contribution is 0.0944. The number of amides is 1. The first-order chi connectivity index (χ1) is 8.88. The van der Waals surface area contributed by atoms with Gasteiger partial charge in [-0.1, -0.05) is 25.3 Å². The molecule has 5 nitrogen and oxygen atoms in total. The Bertz CT molecular complexity index is 603. The maximum Gasteiger partial charge on any atom is 0.252 e. The molecule has 0 fully saturated rings. The van der Waals surface area contributed by atoms with Crippen LogP contribution in [-0.2, 0) is 10.0 Å². The molecule has 0 radical (unpaired) electrons. The molecule has 0 bridgehead atoms. The van der Waals surface area contributed by atoms with Gasteiger partial charge in [0.2, 0.25) is 10.0 Å². The Kier molecular flexibility index (Phi) is 5.10. The number of primary sulfonamides is 1. The molecule has 0 aliphatic carbocycles. The van der Waals surface area contributed by atoms with E-state index < -0.39 is 15.9 Å². The van der Waals surface area contributed by atoms with Gasteiger partial charge in [0.15, 0.2) is 0 Å². The Hall–Kier alpha value is -1.84. The Balaban J connectivity index is 2.92. The minimum atomic E-state index is -3.82. The average molecular weight is 280 g/mol. The Morgan fingerprint density at radius 1 is 1.53 bits per heavy atom. The molecule has 1 atom stereocenters. The van der Waals surface area contributed by atoms with Gasteiger partial charge < -0.3 is 5.32 Å². The van der Waals surface area contributed by atoms with E-state index in [1.165, 1.54) is 24.3 Å². The lowest BCUT2D eigenvalue weighted by Crippen LogP contribution is -2.33. The average Bonchev–Trinajstić information content (AvgIpc) is 2.37. The third kappa shape index (κ3) is 4.39. The summed E-state index contributed by atoms with van der Waals surface area (Å²) in [5, 5.41) is 7.66. The van der Waals surface area contributed by atoms with Crippen LogP contribution in [0.25, 0.3) is 0 Å². The summed E-state index contributed by atoms with van der Waals surface area (Å²) < 4.78 is 22.4. The normalized spacial score (nSPS) is 12.5. The van der Waals surface area contributed by atoms with Gasteiger partial charge in [-0.2, -0.15) is 0 Å². The van der Waals surface area contributed by atoms with Crippen LogP contribution < -0.4 is 10.5 Å². The second kappa shape index (κ2) is 6.36. The summed E-state index contributed by atoms with van der Waals surface area (Å²) in [6.07, 6.45) is 6.81. The number of benzene rings is 1. The smallest absolute Gasteiger partial charge is 0.252 e. The first-order valence-corrected chi connectivity index (χ1v) is 7.33. The number of terminal acetylenes is 1. The van der Waals surface area contributed by atoms with Crippen LogP contribution in [0.4, 0.5) is 0 Å². The third-order valence-corrected chi connectivity index (χ3v) is 3.42. The molecule has 3 N–H and O–H groups in total. The zero-order valence-corrected chi connectivity index (χ0v) is 11.4. The molecule has 1 unspecified atom stereocenters. The van der Waals surface area contributed by atoms with E-state index in [9.17, 15) is 13.2 Å². The van der Waals surface area contributed by atoms with Gasteiger partial charge in [0.05, 0.1) is 10.9 Å². The first kappa shape index (κ1) is 15.2. The van der Waals surface area contributed by atoms with Crippen LogP contribution in [0.3, 0.4) is 0 Å². The molecule has 0 saturated heterocycles. The third-order valence-electron chi connectivity index (χ3n) is 2.51. The van der Waals surface area contributed by atoms with E-state index in [2.05, 4.69) is 11.2 Å². The van der Waals surface area contributed by atoms with Gasteiger partial charge >= 0.3 is 0 Å². The van der Waals surface area contributed by atoms with Gasteiger partial charge in [-0.25, -0.2) is 13.6 Å². The molecule has 0 aliphatic heterocycles. The highest BCUT2D eigenvalue weighted by atomic mass is 32.2. The number of nitrogens with two attached hydrogens (primary N) is 1. The molecule has 19 heavy (non-hydrogen) atoms. The second-order valence-electron chi connectivity index (χ2n) is 4.05. The number of carbonyl (C=O) groups is 1. The van der Waals surface area contributed by atoms with Gasteiger partial charge in [0.25, 0.3) is 5.91 Å². The van der Waals surface area contributed by atoms with Crippen molar-refractivity contribution in [2.75, 3.05) is 0 Å². The maximum absolute atomic E-state index is 11.9. The number of hydrogen-bond acceptors (Lipinski definition) is 3. The number of carbonyl (C=O) groups excluding carboxylic acids is 1. The Labute approximate surface area is 113 Å². The van der Waals surface area contributed by atoms with Crippen molar-refractivity contribution in [3.05, 3.63) is 29.8 Å². The molecule has 1 aromatic carbocycles. The van der Waals surface area contributed by atoms with Gasteiger partial charge in [-0.3, -0.25) is 4.79 Å². The molecule has 0 heterocycles. The van der Waals surface area contributed by atoms with Crippen LogP contribution >= 0.6 is 0 Å². The van der Waals surface area contributed by atoms with Crippen molar-refractivity contribution in [1.82, 2.24) is 5.32 Å². The minimum absolute atomic E-state index is 0.104. The minimum Gasteiger partial charge on any atom is -0.338 e. The molecule has 1 amide bonds. The van der Waals surface area contributed by atoms with E-state index in [1.54, 1.807) is 0 Å². The standard InChI is InChI=1S/C13H16N2O3S/c1-3-6-11(4-2)15-13(16)10-7-5-8-12(9-10)19(14,17)18/h2,5,7-9,11H,3,6H2,1H3,(H,15,16)(H2,14,17,18). The van der Waals surface area contributed by atoms with Crippen molar-refractivity contribution in [3.8, 4) is 12.3 Å². The van der Waals surface area contributed by atoms with Crippen molar-refractivity contribution in [1.29, 1.82) is 0 Å². The Morgan fingerprint density at radius 2 is 2.21 bits per heavy atom. The van der Waals surface area contributed by atoms with E-state index >= 15 is 0 Å². The number of sulfonamides is 1. The van der Waals surface area contributed by atoms with Crippen LogP contribution in [0.1, 0.15) is 30.1 Å². The highest BCUT2D eigenvalue weighted by Crippen LogP contribution is 2.10. The van der Waals surface area contributed by atoms with Gasteiger partial charge in [-0.05, 0) is 24.6 Å². The van der Waals surface area contributed by atoms with Crippen LogP contribution in [-0.4, -0.2) is 20.4 Å². The van der Waals surface area contributed by atoms with Crippen LogP contribution in [0.15, 0.2) is 29.2 Å². The zero-order valence-electron chi connectivity index (χ0n) is 10.6. The highest BCUT2D eigenvalue weighted by Gasteiger charge is 2.14. The van der Waals surface area contributed by atoms with Crippen molar-refractivity contribution >= 4 is 15.9 Å². The maximum atomic E-state index is 11.9. The van der Waals surface area contributed by atoms with Crippen molar-refractivity contribution < 1.29 is 13.2 Å². The largest absolute Gasteiger partial charge is 0.338 e. The van der Waals surface area contributed by atoms with E-state index in [-0.39, 0.29) is 16.5 Å². The summed E-state index contributed by atoms with van der Waals surface area (Å²) in [4.78, 5) is 11.8. The van der Waals surface area contributed by atoms with Gasteiger partial charge in [0, 0.05) is 5.56 Å². The van der Waals surface area contributed by atoms with Crippen LogP contribution in [0.5, 0.6) is 0 Å². The highest BCUT2D eigenvalue weighted by molar-refractivity contribution is 7.89. The van der Waals surface area contributed by atoms with Crippen molar-refractivity contribution in [2.45, 2.75) is 30.7 Å². The van der Waals surface area contributed by atoms with E-state index in [4.69, 9.17) is 11.6 Å². The van der Waals surface area contributed by atoms with Crippen LogP contribution in [0, 0.1) is 12.3 Å². The predicted octanol–water partition coefficient (Wildman–Crippen LogP) is 0.866. The SMILES string of the molecule is C#CC(CCC)NC(=O)c1cccc(S(N)(=O)=O)c1.